The van der Waals surface area contributed by atoms with Gasteiger partial charge in [-0.25, -0.2) is 9.59 Å². The minimum absolute atomic E-state index is 0.0104. The van der Waals surface area contributed by atoms with Crippen LogP contribution in [0.1, 0.15) is 32.0 Å². The molecule has 0 spiro atoms. The van der Waals surface area contributed by atoms with Crippen LogP contribution in [0, 0.1) is 6.92 Å². The summed E-state index contributed by atoms with van der Waals surface area (Å²) in [6, 6.07) is 12.7. The van der Waals surface area contributed by atoms with Crippen molar-refractivity contribution in [3.05, 3.63) is 76.0 Å². The average Bonchev–Trinajstić information content (AvgIpc) is 3.08. The lowest BCUT2D eigenvalue weighted by atomic mass is 10.0. The largest absolute Gasteiger partial charge is 0.478 e. The normalized spacial score (nSPS) is 11.0. The molecule has 6 nitrogen and oxygen atoms in total. The highest BCUT2D eigenvalue weighted by molar-refractivity contribution is 6.33. The number of hydrogen-bond donors (Lipinski definition) is 2. The van der Waals surface area contributed by atoms with Crippen molar-refractivity contribution in [3.8, 4) is 11.3 Å². The van der Waals surface area contributed by atoms with Gasteiger partial charge in [0.2, 0.25) is 0 Å². The monoisotopic (exact) mass is 383 g/mol. The molecule has 2 N–H and O–H groups in total. The van der Waals surface area contributed by atoms with Crippen LogP contribution in [0.2, 0.25) is 5.02 Å². The summed E-state index contributed by atoms with van der Waals surface area (Å²) in [6.07, 6.45) is 1.50. The van der Waals surface area contributed by atoms with Crippen LogP contribution in [0.15, 0.2) is 57.9 Å². The number of hydrogen-bond acceptors (Lipinski definition) is 4. The molecule has 0 saturated heterocycles. The zero-order chi connectivity index (χ0) is 19.6. The standard InChI is InChI=1S/C20H14ClNO5/c1-11-8-12(19(23)24)2-5-15(11)18-7-4-14(27-18)10-22-13-3-6-16(20(25)26)17(21)9-13/h2-10H,1H3,(H,23,24)(H,25,26). The second-order valence-electron chi connectivity index (χ2n) is 5.76. The van der Waals surface area contributed by atoms with E-state index in [-0.39, 0.29) is 16.1 Å². The van der Waals surface area contributed by atoms with E-state index >= 15 is 0 Å². The van der Waals surface area contributed by atoms with Crippen molar-refractivity contribution >= 4 is 35.4 Å². The van der Waals surface area contributed by atoms with Crippen molar-refractivity contribution in [2.24, 2.45) is 4.99 Å². The highest BCUT2D eigenvalue weighted by atomic mass is 35.5. The van der Waals surface area contributed by atoms with Gasteiger partial charge in [0, 0.05) is 5.56 Å². The summed E-state index contributed by atoms with van der Waals surface area (Å²) >= 11 is 5.92. The number of carboxylic acid groups (broad SMARTS) is 2. The number of halogens is 1. The molecule has 0 atom stereocenters. The molecule has 0 amide bonds. The van der Waals surface area contributed by atoms with Gasteiger partial charge in [0.05, 0.1) is 28.1 Å². The molecule has 0 bridgehead atoms. The van der Waals surface area contributed by atoms with Crippen LogP contribution >= 0.6 is 11.6 Å². The summed E-state index contributed by atoms with van der Waals surface area (Å²) in [5.74, 6) is -1.00. The van der Waals surface area contributed by atoms with Crippen LogP contribution in [-0.4, -0.2) is 28.4 Å². The lowest BCUT2D eigenvalue weighted by Gasteiger charge is -2.03. The maximum Gasteiger partial charge on any atom is 0.337 e. The van der Waals surface area contributed by atoms with E-state index in [2.05, 4.69) is 4.99 Å². The molecule has 1 heterocycles. The van der Waals surface area contributed by atoms with Crippen LogP contribution in [0.5, 0.6) is 0 Å². The van der Waals surface area contributed by atoms with Gasteiger partial charge < -0.3 is 14.6 Å². The Balaban J connectivity index is 1.82. The number of aromatic carboxylic acids is 2. The Labute approximate surface area is 159 Å². The third-order valence-electron chi connectivity index (χ3n) is 3.89. The van der Waals surface area contributed by atoms with Crippen molar-refractivity contribution in [2.45, 2.75) is 6.92 Å². The Bertz CT molecular complexity index is 1070. The summed E-state index contributed by atoms with van der Waals surface area (Å²) in [6.45, 7) is 1.81. The fourth-order valence-corrected chi connectivity index (χ4v) is 2.79. The molecule has 0 aliphatic heterocycles. The van der Waals surface area contributed by atoms with Gasteiger partial charge in [0.25, 0.3) is 0 Å². The van der Waals surface area contributed by atoms with Gasteiger partial charge in [-0.3, -0.25) is 4.99 Å². The summed E-state index contributed by atoms with van der Waals surface area (Å²) in [5, 5.41) is 18.1. The molecule has 27 heavy (non-hydrogen) atoms. The van der Waals surface area contributed by atoms with Crippen molar-refractivity contribution in [2.75, 3.05) is 0 Å². The zero-order valence-electron chi connectivity index (χ0n) is 14.1. The topological polar surface area (TPSA) is 100 Å². The molecule has 136 valence electrons. The minimum atomic E-state index is -1.10. The quantitative estimate of drug-likeness (QED) is 0.600. The van der Waals surface area contributed by atoms with Crippen molar-refractivity contribution in [1.82, 2.24) is 0 Å². The first-order valence-corrected chi connectivity index (χ1v) is 8.24. The fourth-order valence-electron chi connectivity index (χ4n) is 2.54. The number of aryl methyl sites for hydroxylation is 1. The van der Waals surface area contributed by atoms with Gasteiger partial charge in [0.1, 0.15) is 11.5 Å². The van der Waals surface area contributed by atoms with E-state index in [1.165, 1.54) is 24.4 Å². The van der Waals surface area contributed by atoms with E-state index < -0.39 is 11.9 Å². The van der Waals surface area contributed by atoms with Crippen LogP contribution in [0.4, 0.5) is 5.69 Å². The van der Waals surface area contributed by atoms with Gasteiger partial charge >= 0.3 is 11.9 Å². The van der Waals surface area contributed by atoms with E-state index in [0.717, 1.165) is 11.1 Å². The number of aliphatic imine (C=N–C) groups is 1. The molecule has 0 fully saturated rings. The van der Waals surface area contributed by atoms with E-state index in [4.69, 9.17) is 26.2 Å². The zero-order valence-corrected chi connectivity index (χ0v) is 14.9. The third kappa shape index (κ3) is 4.07. The predicted molar refractivity (Wildman–Crippen MR) is 102 cm³/mol. The Hall–Kier alpha value is -3.38. The molecule has 0 radical (unpaired) electrons. The molecule has 0 unspecified atom stereocenters. The van der Waals surface area contributed by atoms with E-state index in [9.17, 15) is 9.59 Å². The lowest BCUT2D eigenvalue weighted by Crippen LogP contribution is -1.96. The molecular formula is C20H14ClNO5. The fraction of sp³-hybridized carbons (Fsp3) is 0.0500. The SMILES string of the molecule is Cc1cc(C(=O)O)ccc1-c1ccc(C=Nc2ccc(C(=O)O)c(Cl)c2)o1. The first-order valence-electron chi connectivity index (χ1n) is 7.86. The number of furan rings is 1. The number of carboxylic acids is 2. The molecule has 3 aromatic rings. The summed E-state index contributed by atoms with van der Waals surface area (Å²) in [5.41, 5.74) is 2.28. The number of benzene rings is 2. The molecule has 7 heteroatoms. The van der Waals surface area contributed by atoms with Gasteiger partial charge in [0.15, 0.2) is 0 Å². The molecule has 2 aromatic carbocycles. The van der Waals surface area contributed by atoms with Crippen molar-refractivity contribution in [1.29, 1.82) is 0 Å². The number of carbonyl (C=O) groups is 2. The first-order chi connectivity index (χ1) is 12.8. The van der Waals surface area contributed by atoms with Crippen LogP contribution in [-0.2, 0) is 0 Å². The predicted octanol–water partition coefficient (Wildman–Crippen LogP) is 5.06. The second kappa shape index (κ2) is 7.47. The van der Waals surface area contributed by atoms with Crippen molar-refractivity contribution in [3.63, 3.8) is 0 Å². The lowest BCUT2D eigenvalue weighted by molar-refractivity contribution is 0.0686. The Kier molecular flexibility index (Phi) is 5.09. The third-order valence-corrected chi connectivity index (χ3v) is 4.20. The van der Waals surface area contributed by atoms with Crippen LogP contribution < -0.4 is 0 Å². The Morgan fingerprint density at radius 2 is 1.81 bits per heavy atom. The molecular weight excluding hydrogens is 370 g/mol. The molecule has 0 aliphatic carbocycles. The van der Waals surface area contributed by atoms with Gasteiger partial charge in [-0.1, -0.05) is 17.7 Å². The minimum Gasteiger partial charge on any atom is -0.478 e. The maximum absolute atomic E-state index is 11.0. The molecule has 1 aromatic heterocycles. The molecule has 0 aliphatic rings. The molecule has 0 saturated carbocycles. The maximum atomic E-state index is 11.0. The number of rotatable bonds is 5. The first kappa shape index (κ1) is 18.4. The summed E-state index contributed by atoms with van der Waals surface area (Å²) in [7, 11) is 0. The van der Waals surface area contributed by atoms with E-state index in [0.29, 0.717) is 17.2 Å². The number of nitrogens with zero attached hydrogens (tertiary/aromatic N) is 1. The molecule has 3 rings (SSSR count). The second-order valence-corrected chi connectivity index (χ2v) is 6.17. The highest BCUT2D eigenvalue weighted by Crippen LogP contribution is 2.27. The van der Waals surface area contributed by atoms with Gasteiger partial charge in [-0.15, -0.1) is 0 Å². The van der Waals surface area contributed by atoms with Crippen LogP contribution in [0.25, 0.3) is 11.3 Å². The van der Waals surface area contributed by atoms with E-state index in [1.807, 2.05) is 6.92 Å². The Morgan fingerprint density at radius 3 is 2.44 bits per heavy atom. The smallest absolute Gasteiger partial charge is 0.337 e. The van der Waals surface area contributed by atoms with Gasteiger partial charge in [-0.2, -0.15) is 0 Å². The van der Waals surface area contributed by atoms with Crippen LogP contribution in [0.3, 0.4) is 0 Å². The highest BCUT2D eigenvalue weighted by Gasteiger charge is 2.11. The van der Waals surface area contributed by atoms with Crippen molar-refractivity contribution < 1.29 is 24.2 Å². The summed E-state index contributed by atoms with van der Waals surface area (Å²) < 4.78 is 5.74. The van der Waals surface area contributed by atoms with E-state index in [1.54, 1.807) is 30.3 Å². The average molecular weight is 384 g/mol. The van der Waals surface area contributed by atoms with Gasteiger partial charge in [-0.05, 0) is 55.0 Å². The Morgan fingerprint density at radius 1 is 1.04 bits per heavy atom. The summed E-state index contributed by atoms with van der Waals surface area (Å²) in [4.78, 5) is 26.2.